The van der Waals surface area contributed by atoms with Gasteiger partial charge in [-0.2, -0.15) is 0 Å². The maximum Gasteiger partial charge on any atom is 0.482 e. The van der Waals surface area contributed by atoms with Crippen molar-refractivity contribution < 1.29 is 37.0 Å². The first-order valence-corrected chi connectivity index (χ1v) is 33.1. The Kier molecular flexibility index (Phi) is 10.2. The second-order valence-corrected chi connectivity index (χ2v) is 38.0. The predicted octanol–water partition coefficient (Wildman–Crippen LogP) is 10.8. The smallest absolute Gasteiger partial charge is 0.373 e. The molecule has 0 atom stereocenters. The zero-order valence-corrected chi connectivity index (χ0v) is 37.4. The Morgan fingerprint density at radius 3 is 0.412 bits per heavy atom. The van der Waals surface area contributed by atoms with Gasteiger partial charge in [-0.3, -0.25) is 0 Å². The lowest BCUT2D eigenvalue weighted by molar-refractivity contribution is -0.0552. The van der Waals surface area contributed by atoms with Crippen LogP contribution in [0.3, 0.4) is 0 Å². The largest absolute Gasteiger partial charge is 0.482 e. The molecule has 6 saturated carbocycles. The summed E-state index contributed by atoms with van der Waals surface area (Å²) in [7, 11) is -21.0. The Labute approximate surface area is 314 Å². The minimum atomic E-state index is -3.50. The van der Waals surface area contributed by atoms with Crippen LogP contribution < -0.4 is 0 Å². The first-order chi connectivity index (χ1) is 25.0. The Balaban J connectivity index is 1.23. The van der Waals surface area contributed by atoms with Gasteiger partial charge in [0.15, 0.2) is 0 Å². The van der Waals surface area contributed by atoms with Gasteiger partial charge in [-0.05, 0) is 77.0 Å². The van der Waals surface area contributed by atoms with Crippen LogP contribution in [0.5, 0.6) is 0 Å². The standard InChI is InChI=1S/C36H66O9Si6/c1-7-19-31(20-8-1)46-37-47(32-21-9-2-10-22-32)39-48(38-46,33-23-11-3-12-24-33)45-51(36-29-17-6-18-30-36)41-49(43-46,34-25-13-4-14-26-34)40-50(42-51,44-47)35-27-15-5-16-28-35/h31-36H,1-30H2. The van der Waals surface area contributed by atoms with E-state index in [9.17, 15) is 0 Å². The molecule has 6 aliphatic carbocycles. The van der Waals surface area contributed by atoms with Crippen LogP contribution in [0.1, 0.15) is 193 Å². The maximum atomic E-state index is 8.26. The van der Waals surface area contributed by atoms with Crippen LogP contribution in [0.2, 0.25) is 33.2 Å². The van der Waals surface area contributed by atoms with E-state index in [-0.39, 0.29) is 33.2 Å². The zero-order chi connectivity index (χ0) is 34.0. The molecule has 15 heteroatoms. The van der Waals surface area contributed by atoms with Gasteiger partial charge < -0.3 is 37.0 Å². The van der Waals surface area contributed by atoms with Crippen LogP contribution in [0.4, 0.5) is 0 Å². The predicted molar refractivity (Wildman–Crippen MR) is 205 cm³/mol. The van der Waals surface area contributed by atoms with E-state index < -0.39 is 52.8 Å². The lowest BCUT2D eigenvalue weighted by Crippen LogP contribution is -2.91. The summed E-state index contributed by atoms with van der Waals surface area (Å²) in [4.78, 5) is 0. The average molecular weight is 811 g/mol. The molecule has 51 heavy (non-hydrogen) atoms. The summed E-state index contributed by atoms with van der Waals surface area (Å²) in [5, 5.41) is 0. The molecule has 5 heterocycles. The minimum absolute atomic E-state index is 0.240. The molecule has 0 amide bonds. The van der Waals surface area contributed by atoms with Crippen molar-refractivity contribution in [3.63, 3.8) is 0 Å². The third-order valence-corrected chi connectivity index (χ3v) is 45.1. The van der Waals surface area contributed by atoms with Crippen molar-refractivity contribution >= 4 is 52.8 Å². The maximum absolute atomic E-state index is 8.26. The molecular weight excluding hydrogens is 745 g/mol. The van der Waals surface area contributed by atoms with E-state index in [0.717, 1.165) is 77.0 Å². The molecule has 0 unspecified atom stereocenters. The first kappa shape index (κ1) is 36.3. The number of hydrogen-bond acceptors (Lipinski definition) is 9. The second kappa shape index (κ2) is 14.4. The van der Waals surface area contributed by atoms with Gasteiger partial charge in [-0.1, -0.05) is 116 Å². The monoisotopic (exact) mass is 810 g/mol. The molecule has 11 fully saturated rings. The highest BCUT2D eigenvalue weighted by atomic mass is 28.6. The average Bonchev–Trinajstić information content (AvgIpc) is 3.19. The fourth-order valence-electron chi connectivity index (χ4n) is 12.4. The van der Waals surface area contributed by atoms with Gasteiger partial charge in [0.1, 0.15) is 0 Å². The summed E-state index contributed by atoms with van der Waals surface area (Å²) in [6, 6.07) is 0. The van der Waals surface area contributed by atoms with Crippen molar-refractivity contribution in [2.24, 2.45) is 0 Å². The van der Waals surface area contributed by atoms with Gasteiger partial charge in [0, 0.05) is 33.2 Å². The second-order valence-electron chi connectivity index (χ2n) is 18.5. The minimum Gasteiger partial charge on any atom is -0.373 e. The lowest BCUT2D eigenvalue weighted by atomic mass is 10.0. The van der Waals surface area contributed by atoms with Gasteiger partial charge >= 0.3 is 52.8 Å². The third kappa shape index (κ3) is 6.32. The normalized spacial score (nSPS) is 47.3. The summed E-state index contributed by atoms with van der Waals surface area (Å²) in [6.45, 7) is 0. The Bertz CT molecular complexity index is 978. The van der Waals surface area contributed by atoms with E-state index in [1.54, 1.807) is 0 Å². The van der Waals surface area contributed by atoms with Crippen LogP contribution >= 0.6 is 0 Å². The highest BCUT2D eigenvalue weighted by molar-refractivity contribution is 7.04. The van der Waals surface area contributed by atoms with Gasteiger partial charge in [0.2, 0.25) is 0 Å². The molecule has 0 spiro atoms. The Morgan fingerprint density at radius 2 is 0.294 bits per heavy atom. The Morgan fingerprint density at radius 1 is 0.176 bits per heavy atom. The van der Waals surface area contributed by atoms with Crippen molar-refractivity contribution in [3.05, 3.63) is 0 Å². The highest BCUT2D eigenvalue weighted by Gasteiger charge is 2.87. The molecule has 9 nitrogen and oxygen atoms in total. The van der Waals surface area contributed by atoms with Gasteiger partial charge in [0.05, 0.1) is 0 Å². The molecule has 5 saturated heterocycles. The molecule has 0 N–H and O–H groups in total. The van der Waals surface area contributed by atoms with Crippen molar-refractivity contribution in [1.82, 2.24) is 0 Å². The number of hydrogen-bond donors (Lipinski definition) is 0. The fraction of sp³-hybridized carbons (Fsp3) is 1.00. The van der Waals surface area contributed by atoms with Crippen molar-refractivity contribution in [1.29, 1.82) is 0 Å². The fourth-order valence-corrected chi connectivity index (χ4v) is 55.1. The summed E-state index contributed by atoms with van der Waals surface area (Å²) in [6.07, 6.45) is 35.3. The van der Waals surface area contributed by atoms with Crippen LogP contribution in [0.15, 0.2) is 0 Å². The van der Waals surface area contributed by atoms with Crippen molar-refractivity contribution in [2.75, 3.05) is 0 Å². The molecule has 0 aromatic heterocycles. The van der Waals surface area contributed by atoms with Gasteiger partial charge in [-0.25, -0.2) is 0 Å². The molecule has 0 aromatic rings. The molecular formula is C36H66O9Si6. The SMILES string of the molecule is C1CCC([Si]23O[Si]4(C5CCCCC5)O[Si](C5CCCCC5)(O2)O[Si]2(C5CCCCC5)O[Si](C5CCCCC5)(O[Si](C5CCCCC5)(O2)O4)O3)CC1. The van der Waals surface area contributed by atoms with Gasteiger partial charge in [0.25, 0.3) is 0 Å². The molecule has 6 bridgehead atoms. The summed E-state index contributed by atoms with van der Waals surface area (Å²) in [5.41, 5.74) is 1.44. The molecule has 11 aliphatic rings. The molecule has 0 aromatic carbocycles. The van der Waals surface area contributed by atoms with Crippen molar-refractivity contribution in [2.45, 2.75) is 226 Å². The topological polar surface area (TPSA) is 83.1 Å². The first-order valence-electron chi connectivity index (χ1n) is 22.3. The summed E-state index contributed by atoms with van der Waals surface area (Å²) < 4.78 is 72.9. The zero-order valence-electron chi connectivity index (χ0n) is 31.4. The summed E-state index contributed by atoms with van der Waals surface area (Å²) >= 11 is 0. The Hall–Kier alpha value is 0.941. The van der Waals surface area contributed by atoms with Crippen LogP contribution in [-0.2, 0) is 37.0 Å². The molecule has 0 radical (unpaired) electrons. The molecule has 288 valence electrons. The summed E-state index contributed by atoms with van der Waals surface area (Å²) in [5.74, 6) is 0. The van der Waals surface area contributed by atoms with E-state index in [2.05, 4.69) is 0 Å². The van der Waals surface area contributed by atoms with E-state index in [0.29, 0.717) is 0 Å². The molecule has 5 aliphatic heterocycles. The van der Waals surface area contributed by atoms with E-state index in [1.165, 1.54) is 116 Å². The number of rotatable bonds is 6. The van der Waals surface area contributed by atoms with E-state index >= 15 is 0 Å². The highest BCUT2D eigenvalue weighted by Crippen LogP contribution is 2.65. The molecule has 11 rings (SSSR count). The third-order valence-electron chi connectivity index (χ3n) is 15.2. The quantitative estimate of drug-likeness (QED) is 0.244. The lowest BCUT2D eigenvalue weighted by Gasteiger charge is -2.68. The van der Waals surface area contributed by atoms with Crippen LogP contribution in [-0.4, -0.2) is 52.8 Å². The van der Waals surface area contributed by atoms with Gasteiger partial charge in [-0.15, -0.1) is 0 Å². The van der Waals surface area contributed by atoms with Crippen LogP contribution in [0, 0.1) is 0 Å². The van der Waals surface area contributed by atoms with Crippen molar-refractivity contribution in [3.8, 4) is 0 Å². The van der Waals surface area contributed by atoms with Crippen LogP contribution in [0.25, 0.3) is 0 Å². The van der Waals surface area contributed by atoms with E-state index in [4.69, 9.17) is 37.0 Å². The van der Waals surface area contributed by atoms with E-state index in [1.807, 2.05) is 0 Å².